The molecule has 0 radical (unpaired) electrons. The molecule has 298 valence electrons. The van der Waals surface area contributed by atoms with E-state index in [4.69, 9.17) is 28.9 Å². The lowest BCUT2D eigenvalue weighted by atomic mass is 9.89. The lowest BCUT2D eigenvalue weighted by Gasteiger charge is -2.40. The summed E-state index contributed by atoms with van der Waals surface area (Å²) in [5.74, 6) is -3.50. The quantitative estimate of drug-likeness (QED) is 0.106. The average molecular weight is 799 g/mol. The summed E-state index contributed by atoms with van der Waals surface area (Å²) in [5, 5.41) is 14.6. The number of carbonyl (C=O) groups excluding carboxylic acids is 3. The molecule has 14 nitrogen and oxygen atoms in total. The fourth-order valence-electron chi connectivity index (χ4n) is 5.78. The number of hydrogen-bond acceptors (Lipinski definition) is 13. The number of rotatable bonds is 18. The summed E-state index contributed by atoms with van der Waals surface area (Å²) in [6, 6.07) is 8.88. The van der Waals surface area contributed by atoms with Crippen molar-refractivity contribution >= 4 is 35.9 Å². The van der Waals surface area contributed by atoms with Crippen LogP contribution in [0.4, 0.5) is 18.0 Å². The number of nitriles is 1. The predicted molar refractivity (Wildman–Crippen MR) is 196 cm³/mol. The molecular weight excluding hydrogens is 758 g/mol. The Kier molecular flexibility index (Phi) is 15.4. The number of hydrogen-bond donors (Lipinski definition) is 1. The third kappa shape index (κ3) is 12.1. The third-order valence-corrected chi connectivity index (χ3v) is 10.3. The van der Waals surface area contributed by atoms with Gasteiger partial charge in [0.15, 0.2) is 11.9 Å². The van der Waals surface area contributed by atoms with Crippen molar-refractivity contribution in [3.63, 3.8) is 0 Å². The summed E-state index contributed by atoms with van der Waals surface area (Å²) < 4.78 is 72.9. The molecule has 2 aliphatic rings. The van der Waals surface area contributed by atoms with E-state index in [1.807, 2.05) is 6.07 Å². The van der Waals surface area contributed by atoms with Crippen LogP contribution < -0.4 is 5.32 Å². The zero-order valence-corrected chi connectivity index (χ0v) is 31.3. The summed E-state index contributed by atoms with van der Waals surface area (Å²) in [6.07, 6.45) is 7.67. The first-order valence-electron chi connectivity index (χ1n) is 17.8. The van der Waals surface area contributed by atoms with Crippen LogP contribution in [0.15, 0.2) is 67.3 Å². The fraction of sp³-hybridized carbons (Fsp3) is 0.421. The highest BCUT2D eigenvalue weighted by Gasteiger charge is 2.47. The molecule has 0 spiro atoms. The van der Waals surface area contributed by atoms with Gasteiger partial charge in [-0.05, 0) is 56.8 Å². The first-order chi connectivity index (χ1) is 27.0. The van der Waals surface area contributed by atoms with E-state index < -0.39 is 53.5 Å². The van der Waals surface area contributed by atoms with Gasteiger partial charge in [0.2, 0.25) is 12.7 Å². The molecule has 1 amide bonds. The fourth-order valence-corrected chi connectivity index (χ4v) is 7.14. The number of amides is 1. The van der Waals surface area contributed by atoms with Gasteiger partial charge >= 0.3 is 12.1 Å². The van der Waals surface area contributed by atoms with E-state index in [1.54, 1.807) is 25.2 Å². The van der Waals surface area contributed by atoms with Crippen LogP contribution in [-0.4, -0.2) is 101 Å². The van der Waals surface area contributed by atoms with Crippen LogP contribution in [0.1, 0.15) is 42.9 Å². The van der Waals surface area contributed by atoms with Gasteiger partial charge in [-0.15, -0.1) is 11.8 Å². The number of ether oxygens (including phenoxy) is 5. The van der Waals surface area contributed by atoms with Gasteiger partial charge in [-0.2, -0.15) is 10.4 Å². The summed E-state index contributed by atoms with van der Waals surface area (Å²) >= 11 is 1.25. The molecule has 0 aliphatic carbocycles. The van der Waals surface area contributed by atoms with Gasteiger partial charge in [0.05, 0.1) is 43.1 Å². The molecule has 56 heavy (non-hydrogen) atoms. The highest BCUT2D eigenvalue weighted by Crippen LogP contribution is 2.42. The molecule has 2 saturated heterocycles. The minimum Gasteiger partial charge on any atom is -0.428 e. The summed E-state index contributed by atoms with van der Waals surface area (Å²) in [5.41, 5.74) is -1.57. The Morgan fingerprint density at radius 1 is 1.09 bits per heavy atom. The van der Waals surface area contributed by atoms with Crippen molar-refractivity contribution in [2.24, 2.45) is 0 Å². The van der Waals surface area contributed by atoms with Crippen molar-refractivity contribution in [3.8, 4) is 6.07 Å². The highest BCUT2D eigenvalue weighted by atomic mass is 32.2. The maximum atomic E-state index is 15.6. The van der Waals surface area contributed by atoms with E-state index in [2.05, 4.69) is 20.3 Å². The molecule has 18 heteroatoms. The topological polar surface area (TPSA) is 167 Å². The minimum atomic E-state index is -1.90. The van der Waals surface area contributed by atoms with Crippen molar-refractivity contribution in [2.75, 3.05) is 46.2 Å². The Bertz CT molecular complexity index is 1900. The molecular formula is C38H41F3N6O8S. The minimum absolute atomic E-state index is 0.118. The number of nitrogens with zero attached hydrogens (tertiary/aromatic N) is 5. The smallest absolute Gasteiger partial charge is 0.428 e. The van der Waals surface area contributed by atoms with Gasteiger partial charge < -0.3 is 33.9 Å². The van der Waals surface area contributed by atoms with Crippen molar-refractivity contribution in [1.29, 1.82) is 5.26 Å². The molecule has 3 aromatic rings. The van der Waals surface area contributed by atoms with E-state index in [9.17, 15) is 23.2 Å². The number of halogens is 3. The van der Waals surface area contributed by atoms with Crippen LogP contribution in [0.25, 0.3) is 6.08 Å². The first-order valence-corrected chi connectivity index (χ1v) is 18.7. The van der Waals surface area contributed by atoms with Crippen LogP contribution in [0.5, 0.6) is 0 Å². The average Bonchev–Trinajstić information content (AvgIpc) is 3.67. The number of nitrogens with one attached hydrogen (secondary N) is 1. The summed E-state index contributed by atoms with van der Waals surface area (Å²) in [7, 11) is 0. The standard InChI is InChI=1S/C38H41F3N6O8S/c1-26(56-30-20-51-36(52-21-30)6-3-2-5-28-8-7-27(19-42)17-32(28)40)38(22-47-24-43-23-45-47,31-10-9-29(39)18-33(31)41)55-37(50)54-25-53-35(49)12-11-34(48)44-13-16-46-14-4-15-46/h2-3,5-10,17-18,23-24,26,30,36H,4,11-16,20-22,25H2,1H3,(H,44,48)/b5-2+,6-3+/t26-,30?,36?,38-/m1/s1. The van der Waals surface area contributed by atoms with E-state index >= 15 is 4.39 Å². The zero-order chi connectivity index (χ0) is 39.9. The van der Waals surface area contributed by atoms with Crippen LogP contribution in [-0.2, 0) is 45.4 Å². The maximum Gasteiger partial charge on any atom is 0.512 e. The van der Waals surface area contributed by atoms with E-state index in [-0.39, 0.29) is 54.9 Å². The first kappa shape index (κ1) is 41.9. The van der Waals surface area contributed by atoms with Crippen molar-refractivity contribution in [2.45, 2.75) is 55.1 Å². The Balaban J connectivity index is 1.19. The summed E-state index contributed by atoms with van der Waals surface area (Å²) in [6.45, 7) is 4.08. The van der Waals surface area contributed by atoms with E-state index in [0.717, 1.165) is 44.3 Å². The molecule has 2 fully saturated rings. The number of carbonyl (C=O) groups is 3. The molecule has 0 saturated carbocycles. The summed E-state index contributed by atoms with van der Waals surface area (Å²) in [4.78, 5) is 43.7. The molecule has 3 heterocycles. The van der Waals surface area contributed by atoms with Crippen molar-refractivity contribution in [3.05, 3.63) is 101 Å². The number of benzene rings is 2. The van der Waals surface area contributed by atoms with E-state index in [1.165, 1.54) is 47.3 Å². The second-order valence-corrected chi connectivity index (χ2v) is 14.5. The van der Waals surface area contributed by atoms with Crippen LogP contribution in [0, 0.1) is 28.8 Å². The SMILES string of the molecule is C[C@@H](SC1COC(/C=C/C=C/c2ccc(C#N)cc2F)OC1)[C@@](Cn1cncn1)(OC(=O)OCOC(=O)CCC(=O)NCCN1CCC1)c1ccc(F)cc1F. The molecule has 0 bridgehead atoms. The Labute approximate surface area is 325 Å². The normalized spacial score (nSPS) is 18.8. The molecule has 1 aromatic heterocycles. The van der Waals surface area contributed by atoms with Crippen LogP contribution in [0.2, 0.25) is 0 Å². The zero-order valence-electron chi connectivity index (χ0n) is 30.5. The maximum absolute atomic E-state index is 15.6. The molecule has 5 rings (SSSR count). The van der Waals surface area contributed by atoms with Gasteiger partial charge in [-0.3, -0.25) is 9.59 Å². The van der Waals surface area contributed by atoms with Gasteiger partial charge in [-0.25, -0.2) is 27.6 Å². The van der Waals surface area contributed by atoms with Crippen LogP contribution in [0.3, 0.4) is 0 Å². The highest BCUT2D eigenvalue weighted by molar-refractivity contribution is 8.00. The molecule has 2 atom stereocenters. The molecule has 2 aliphatic heterocycles. The largest absolute Gasteiger partial charge is 0.512 e. The Morgan fingerprint density at radius 3 is 2.57 bits per heavy atom. The van der Waals surface area contributed by atoms with Gasteiger partial charge in [0.1, 0.15) is 30.1 Å². The van der Waals surface area contributed by atoms with Gasteiger partial charge in [0.25, 0.3) is 0 Å². The van der Waals surface area contributed by atoms with Gasteiger partial charge in [0, 0.05) is 42.0 Å². The molecule has 1 N–H and O–H groups in total. The Hall–Kier alpha value is -5.22. The molecule has 0 unspecified atom stereocenters. The number of esters is 1. The Morgan fingerprint density at radius 2 is 1.89 bits per heavy atom. The number of thioether (sulfide) groups is 1. The lowest BCUT2D eigenvalue weighted by molar-refractivity contribution is -0.156. The molecule has 2 aromatic carbocycles. The second kappa shape index (κ2) is 20.6. The van der Waals surface area contributed by atoms with E-state index in [0.29, 0.717) is 18.2 Å². The monoisotopic (exact) mass is 798 g/mol. The predicted octanol–water partition coefficient (Wildman–Crippen LogP) is 4.85. The van der Waals surface area contributed by atoms with Crippen molar-refractivity contribution < 1.29 is 51.2 Å². The second-order valence-electron chi connectivity index (χ2n) is 12.8. The van der Waals surface area contributed by atoms with Crippen LogP contribution >= 0.6 is 11.8 Å². The van der Waals surface area contributed by atoms with Crippen molar-refractivity contribution in [1.82, 2.24) is 25.0 Å². The number of allylic oxidation sites excluding steroid dienone is 2. The van der Waals surface area contributed by atoms with Gasteiger partial charge in [-0.1, -0.05) is 24.3 Å². The lowest BCUT2D eigenvalue weighted by Crippen LogP contribution is -2.47. The third-order valence-electron chi connectivity index (χ3n) is 8.90. The number of aromatic nitrogens is 3. The number of likely N-dealkylation sites (tertiary alicyclic amines) is 1.